The van der Waals surface area contributed by atoms with Gasteiger partial charge in [-0.05, 0) is 37.6 Å². The molecule has 1 aliphatic rings. The number of aromatic nitrogens is 2. The summed E-state index contributed by atoms with van der Waals surface area (Å²) in [6, 6.07) is 15.9. The van der Waals surface area contributed by atoms with Gasteiger partial charge in [0.2, 0.25) is 0 Å². The fourth-order valence-corrected chi connectivity index (χ4v) is 3.71. The van der Waals surface area contributed by atoms with Gasteiger partial charge in [0.15, 0.2) is 0 Å². The van der Waals surface area contributed by atoms with Crippen LogP contribution < -0.4 is 4.90 Å². The summed E-state index contributed by atoms with van der Waals surface area (Å²) >= 11 is 6.15. The van der Waals surface area contributed by atoms with E-state index >= 15 is 0 Å². The van der Waals surface area contributed by atoms with Crippen molar-refractivity contribution in [3.63, 3.8) is 0 Å². The van der Waals surface area contributed by atoms with Gasteiger partial charge in [-0.1, -0.05) is 47.5 Å². The summed E-state index contributed by atoms with van der Waals surface area (Å²) in [5.41, 5.74) is 5.85. The second-order valence-electron chi connectivity index (χ2n) is 7.24. The highest BCUT2D eigenvalue weighted by Gasteiger charge is 2.24. The summed E-state index contributed by atoms with van der Waals surface area (Å²) in [7, 11) is 0. The van der Waals surface area contributed by atoms with Crippen molar-refractivity contribution in [1.29, 1.82) is 0 Å². The number of aryl methyl sites for hydroxylation is 2. The number of nitrogens with one attached hydrogen (secondary N) is 1. The van der Waals surface area contributed by atoms with E-state index in [-0.39, 0.29) is 5.91 Å². The number of carbonyl (C=O) groups excluding carboxylic acids is 1. The molecular formula is C22H23ClN4O. The van der Waals surface area contributed by atoms with E-state index < -0.39 is 0 Å². The average Bonchev–Trinajstić information content (AvgIpc) is 3.20. The Morgan fingerprint density at radius 3 is 2.43 bits per heavy atom. The minimum absolute atomic E-state index is 0.00618. The molecule has 2 heterocycles. The molecule has 1 aliphatic heterocycles. The Hall–Kier alpha value is -2.79. The number of hydrogen-bond acceptors (Lipinski definition) is 3. The van der Waals surface area contributed by atoms with Gasteiger partial charge in [0.1, 0.15) is 5.69 Å². The molecule has 1 saturated heterocycles. The van der Waals surface area contributed by atoms with Gasteiger partial charge in [0.05, 0.1) is 5.69 Å². The van der Waals surface area contributed by atoms with Crippen LogP contribution in [0.2, 0.25) is 5.02 Å². The van der Waals surface area contributed by atoms with Gasteiger partial charge in [-0.25, -0.2) is 0 Å². The third kappa shape index (κ3) is 3.76. The number of piperazine rings is 1. The number of anilines is 1. The van der Waals surface area contributed by atoms with Crippen LogP contribution in [-0.4, -0.2) is 47.2 Å². The Labute approximate surface area is 169 Å². The maximum atomic E-state index is 12.9. The van der Waals surface area contributed by atoms with E-state index in [1.165, 1.54) is 11.1 Å². The lowest BCUT2D eigenvalue weighted by Crippen LogP contribution is -2.49. The van der Waals surface area contributed by atoms with Gasteiger partial charge in [0.25, 0.3) is 5.91 Å². The molecule has 1 N–H and O–H groups in total. The Kier molecular flexibility index (Phi) is 5.09. The zero-order valence-corrected chi connectivity index (χ0v) is 16.8. The van der Waals surface area contributed by atoms with E-state index in [0.717, 1.165) is 35.1 Å². The number of halogens is 1. The van der Waals surface area contributed by atoms with Crippen molar-refractivity contribution in [3.8, 4) is 11.3 Å². The first kappa shape index (κ1) is 18.6. The van der Waals surface area contributed by atoms with E-state index in [1.54, 1.807) is 0 Å². The number of amides is 1. The van der Waals surface area contributed by atoms with Gasteiger partial charge in [-0.15, -0.1) is 0 Å². The number of H-pyrrole nitrogens is 1. The van der Waals surface area contributed by atoms with E-state index in [4.69, 9.17) is 11.6 Å². The normalized spacial score (nSPS) is 14.4. The first-order valence-corrected chi connectivity index (χ1v) is 9.82. The molecule has 4 rings (SSSR count). The van der Waals surface area contributed by atoms with Crippen molar-refractivity contribution in [2.45, 2.75) is 13.8 Å². The molecule has 6 heteroatoms. The van der Waals surface area contributed by atoms with Crippen LogP contribution in [0.3, 0.4) is 0 Å². The predicted molar refractivity (Wildman–Crippen MR) is 113 cm³/mol. The van der Waals surface area contributed by atoms with E-state index in [2.05, 4.69) is 22.0 Å². The van der Waals surface area contributed by atoms with Crippen LogP contribution in [0.4, 0.5) is 5.69 Å². The summed E-state index contributed by atoms with van der Waals surface area (Å²) in [6.07, 6.45) is 0. The second-order valence-corrected chi connectivity index (χ2v) is 7.68. The molecule has 0 radical (unpaired) electrons. The molecule has 0 spiro atoms. The predicted octanol–water partition coefficient (Wildman–Crippen LogP) is 4.31. The third-order valence-corrected chi connectivity index (χ3v) is 5.47. The average molecular weight is 395 g/mol. The van der Waals surface area contributed by atoms with Crippen LogP contribution in [0.5, 0.6) is 0 Å². The van der Waals surface area contributed by atoms with E-state index in [0.29, 0.717) is 18.8 Å². The third-order valence-electron chi connectivity index (χ3n) is 5.23. The standard InChI is InChI=1S/C22H23ClN4O/c1-15-3-6-17(7-4-15)19-14-20(25-24-19)22(28)27-11-9-26(10-12-27)21-13-18(23)8-5-16(21)2/h3-8,13-14H,9-12H2,1-2H3,(H,24,25). The van der Waals surface area contributed by atoms with Crippen molar-refractivity contribution in [3.05, 3.63) is 70.4 Å². The molecule has 3 aromatic rings. The van der Waals surface area contributed by atoms with Crippen LogP contribution >= 0.6 is 11.6 Å². The number of nitrogens with zero attached hydrogens (tertiary/aromatic N) is 3. The van der Waals surface area contributed by atoms with Crippen LogP contribution in [0, 0.1) is 13.8 Å². The number of hydrogen-bond donors (Lipinski definition) is 1. The maximum Gasteiger partial charge on any atom is 0.272 e. The van der Waals surface area contributed by atoms with Crippen molar-refractivity contribution in [2.24, 2.45) is 0 Å². The second kappa shape index (κ2) is 7.68. The van der Waals surface area contributed by atoms with Gasteiger partial charge in [-0.2, -0.15) is 5.10 Å². The quantitative estimate of drug-likeness (QED) is 0.720. The zero-order valence-electron chi connectivity index (χ0n) is 16.1. The van der Waals surface area contributed by atoms with Gasteiger partial charge in [0, 0.05) is 42.5 Å². The zero-order chi connectivity index (χ0) is 19.7. The molecule has 0 atom stereocenters. The van der Waals surface area contributed by atoms with Crippen LogP contribution in [0.25, 0.3) is 11.3 Å². The molecule has 1 amide bonds. The Morgan fingerprint density at radius 1 is 1.00 bits per heavy atom. The van der Waals surface area contributed by atoms with E-state index in [1.807, 2.05) is 60.4 Å². The van der Waals surface area contributed by atoms with Crippen molar-refractivity contribution in [1.82, 2.24) is 15.1 Å². The first-order valence-electron chi connectivity index (χ1n) is 9.44. The minimum atomic E-state index is -0.00618. The summed E-state index contributed by atoms with van der Waals surface area (Å²) in [5.74, 6) is -0.00618. The highest BCUT2D eigenvalue weighted by atomic mass is 35.5. The monoisotopic (exact) mass is 394 g/mol. The lowest BCUT2D eigenvalue weighted by atomic mass is 10.1. The molecule has 28 heavy (non-hydrogen) atoms. The molecule has 5 nitrogen and oxygen atoms in total. The van der Waals surface area contributed by atoms with E-state index in [9.17, 15) is 4.79 Å². The van der Waals surface area contributed by atoms with Crippen molar-refractivity contribution < 1.29 is 4.79 Å². The Bertz CT molecular complexity index is 988. The molecule has 0 aliphatic carbocycles. The molecule has 0 unspecified atom stereocenters. The fourth-order valence-electron chi connectivity index (χ4n) is 3.55. The molecular weight excluding hydrogens is 372 g/mol. The molecule has 1 fully saturated rings. The minimum Gasteiger partial charge on any atom is -0.368 e. The first-order chi connectivity index (χ1) is 13.5. The molecule has 144 valence electrons. The highest BCUT2D eigenvalue weighted by molar-refractivity contribution is 6.30. The van der Waals surface area contributed by atoms with Crippen molar-refractivity contribution >= 4 is 23.2 Å². The topological polar surface area (TPSA) is 52.2 Å². The Balaban J connectivity index is 1.43. The summed E-state index contributed by atoms with van der Waals surface area (Å²) in [6.45, 7) is 7.04. The molecule has 0 bridgehead atoms. The van der Waals surface area contributed by atoms with Crippen LogP contribution in [0.15, 0.2) is 48.5 Å². The Morgan fingerprint density at radius 2 is 1.71 bits per heavy atom. The van der Waals surface area contributed by atoms with Crippen LogP contribution in [0.1, 0.15) is 21.6 Å². The molecule has 1 aromatic heterocycles. The fraction of sp³-hybridized carbons (Fsp3) is 0.273. The SMILES string of the molecule is Cc1ccc(-c2cc(C(=O)N3CCN(c4cc(Cl)ccc4C)CC3)[nH]n2)cc1. The lowest BCUT2D eigenvalue weighted by Gasteiger charge is -2.36. The van der Waals surface area contributed by atoms with Gasteiger partial charge >= 0.3 is 0 Å². The molecule has 0 saturated carbocycles. The summed E-state index contributed by atoms with van der Waals surface area (Å²) < 4.78 is 0. The lowest BCUT2D eigenvalue weighted by molar-refractivity contribution is 0.0741. The van der Waals surface area contributed by atoms with Crippen LogP contribution in [-0.2, 0) is 0 Å². The largest absolute Gasteiger partial charge is 0.368 e. The number of aromatic amines is 1. The summed E-state index contributed by atoms with van der Waals surface area (Å²) in [4.78, 5) is 17.0. The van der Waals surface area contributed by atoms with Gasteiger partial charge in [-0.3, -0.25) is 9.89 Å². The number of rotatable bonds is 3. The van der Waals surface area contributed by atoms with Crippen molar-refractivity contribution in [2.75, 3.05) is 31.1 Å². The molecule has 2 aromatic carbocycles. The number of benzene rings is 2. The maximum absolute atomic E-state index is 12.9. The van der Waals surface area contributed by atoms with Gasteiger partial charge < -0.3 is 9.80 Å². The number of carbonyl (C=O) groups is 1. The summed E-state index contributed by atoms with van der Waals surface area (Å²) in [5, 5.41) is 7.96. The smallest absolute Gasteiger partial charge is 0.272 e. The highest BCUT2D eigenvalue weighted by Crippen LogP contribution is 2.26.